The van der Waals surface area contributed by atoms with E-state index in [-0.39, 0.29) is 23.7 Å². The molecule has 0 unspecified atom stereocenters. The number of amides is 1. The van der Waals surface area contributed by atoms with Crippen molar-refractivity contribution in [2.24, 2.45) is 0 Å². The van der Waals surface area contributed by atoms with Crippen LogP contribution in [0.15, 0.2) is 41.3 Å². The first-order valence-corrected chi connectivity index (χ1v) is 9.67. The molecule has 1 aliphatic rings. The summed E-state index contributed by atoms with van der Waals surface area (Å²) in [6, 6.07) is 5.81. The standard InChI is InChI=1S/C18H17F3N2O3S/c1-23(10-12-2-4-13(19)9-16(12)21)18(24)11-3-7-15(20)17(8-11)27(25,26)22-14-5-6-14/h2-4,7-9,14,22H,5-6,10H2,1H3. The minimum atomic E-state index is -4.08. The Labute approximate surface area is 154 Å². The Morgan fingerprint density at radius 3 is 2.44 bits per heavy atom. The zero-order valence-electron chi connectivity index (χ0n) is 14.4. The van der Waals surface area contributed by atoms with E-state index < -0.39 is 38.3 Å². The van der Waals surface area contributed by atoms with Crippen LogP contribution in [0.5, 0.6) is 0 Å². The summed E-state index contributed by atoms with van der Waals surface area (Å²) < 4.78 is 67.6. The Morgan fingerprint density at radius 2 is 1.81 bits per heavy atom. The molecule has 0 heterocycles. The number of carbonyl (C=O) groups is 1. The van der Waals surface area contributed by atoms with Crippen LogP contribution in [-0.2, 0) is 16.6 Å². The summed E-state index contributed by atoms with van der Waals surface area (Å²) in [6.45, 7) is -0.162. The lowest BCUT2D eigenvalue weighted by Gasteiger charge is -2.18. The lowest BCUT2D eigenvalue weighted by Crippen LogP contribution is -2.29. The molecule has 2 aromatic rings. The van der Waals surface area contributed by atoms with Crippen LogP contribution in [0.1, 0.15) is 28.8 Å². The Bertz CT molecular complexity index is 991. The molecule has 0 atom stereocenters. The maximum Gasteiger partial charge on any atom is 0.253 e. The van der Waals surface area contributed by atoms with Gasteiger partial charge in [-0.25, -0.2) is 26.3 Å². The van der Waals surface area contributed by atoms with Crippen molar-refractivity contribution in [2.75, 3.05) is 7.05 Å². The number of benzene rings is 2. The van der Waals surface area contributed by atoms with Crippen molar-refractivity contribution in [3.63, 3.8) is 0 Å². The van der Waals surface area contributed by atoms with E-state index in [4.69, 9.17) is 0 Å². The molecule has 27 heavy (non-hydrogen) atoms. The van der Waals surface area contributed by atoms with E-state index >= 15 is 0 Å². The van der Waals surface area contributed by atoms with Crippen LogP contribution in [0, 0.1) is 17.5 Å². The predicted octanol–water partition coefficient (Wildman–Crippen LogP) is 2.82. The highest BCUT2D eigenvalue weighted by Crippen LogP contribution is 2.24. The van der Waals surface area contributed by atoms with E-state index in [1.165, 1.54) is 13.1 Å². The highest BCUT2D eigenvalue weighted by Gasteiger charge is 2.30. The molecular weight excluding hydrogens is 381 g/mol. The van der Waals surface area contributed by atoms with Crippen LogP contribution in [0.25, 0.3) is 0 Å². The smallest absolute Gasteiger partial charge is 0.253 e. The second kappa shape index (κ2) is 7.32. The molecule has 5 nitrogen and oxygen atoms in total. The summed E-state index contributed by atoms with van der Waals surface area (Å²) in [5, 5.41) is 0. The van der Waals surface area contributed by atoms with Gasteiger partial charge in [0.25, 0.3) is 5.91 Å². The van der Waals surface area contributed by atoms with Gasteiger partial charge in [0, 0.05) is 36.8 Å². The number of halogens is 3. The van der Waals surface area contributed by atoms with Crippen molar-refractivity contribution in [1.29, 1.82) is 0 Å². The first kappa shape index (κ1) is 19.4. The van der Waals surface area contributed by atoms with Gasteiger partial charge < -0.3 is 4.90 Å². The van der Waals surface area contributed by atoms with Gasteiger partial charge in [0.05, 0.1) is 0 Å². The first-order valence-electron chi connectivity index (χ1n) is 8.18. The number of hydrogen-bond donors (Lipinski definition) is 1. The molecule has 3 rings (SSSR count). The van der Waals surface area contributed by atoms with Gasteiger partial charge in [-0.1, -0.05) is 6.07 Å². The van der Waals surface area contributed by atoms with Crippen molar-refractivity contribution in [1.82, 2.24) is 9.62 Å². The van der Waals surface area contributed by atoms with Gasteiger partial charge in [0.15, 0.2) is 0 Å². The average molecular weight is 398 g/mol. The SMILES string of the molecule is CN(Cc1ccc(F)cc1F)C(=O)c1ccc(F)c(S(=O)(=O)NC2CC2)c1. The van der Waals surface area contributed by atoms with Crippen molar-refractivity contribution in [3.8, 4) is 0 Å². The van der Waals surface area contributed by atoms with E-state index in [0.717, 1.165) is 29.2 Å². The van der Waals surface area contributed by atoms with E-state index in [1.54, 1.807) is 0 Å². The zero-order valence-corrected chi connectivity index (χ0v) is 15.2. The lowest BCUT2D eigenvalue weighted by molar-refractivity contribution is 0.0783. The van der Waals surface area contributed by atoms with Crippen molar-refractivity contribution < 1.29 is 26.4 Å². The van der Waals surface area contributed by atoms with E-state index in [0.29, 0.717) is 18.9 Å². The summed E-state index contributed by atoms with van der Waals surface area (Å²) in [5.41, 5.74) is 0.0372. The average Bonchev–Trinajstić information content (AvgIpc) is 3.40. The number of sulfonamides is 1. The largest absolute Gasteiger partial charge is 0.337 e. The quantitative estimate of drug-likeness (QED) is 0.814. The molecule has 2 aromatic carbocycles. The molecule has 9 heteroatoms. The highest BCUT2D eigenvalue weighted by atomic mass is 32.2. The molecule has 1 fully saturated rings. The molecule has 0 saturated heterocycles. The van der Waals surface area contributed by atoms with Crippen LogP contribution < -0.4 is 4.72 Å². The van der Waals surface area contributed by atoms with Gasteiger partial charge >= 0.3 is 0 Å². The van der Waals surface area contributed by atoms with E-state index in [2.05, 4.69) is 4.72 Å². The van der Waals surface area contributed by atoms with Crippen LogP contribution in [0.2, 0.25) is 0 Å². The van der Waals surface area contributed by atoms with Crippen molar-refractivity contribution >= 4 is 15.9 Å². The molecule has 0 spiro atoms. The van der Waals surface area contributed by atoms with Gasteiger partial charge in [0.2, 0.25) is 10.0 Å². The molecule has 1 saturated carbocycles. The highest BCUT2D eigenvalue weighted by molar-refractivity contribution is 7.89. The second-order valence-corrected chi connectivity index (χ2v) is 8.12. The molecule has 144 valence electrons. The van der Waals surface area contributed by atoms with Crippen molar-refractivity contribution in [2.45, 2.75) is 30.3 Å². The minimum absolute atomic E-state index is 0.0578. The number of nitrogens with one attached hydrogen (secondary N) is 1. The summed E-state index contributed by atoms with van der Waals surface area (Å²) >= 11 is 0. The normalized spacial score (nSPS) is 14.2. The number of rotatable bonds is 6. The monoisotopic (exact) mass is 398 g/mol. The topological polar surface area (TPSA) is 66.5 Å². The second-order valence-electron chi connectivity index (χ2n) is 6.44. The minimum Gasteiger partial charge on any atom is -0.337 e. The van der Waals surface area contributed by atoms with Crippen LogP contribution in [0.3, 0.4) is 0 Å². The van der Waals surface area contributed by atoms with Crippen molar-refractivity contribution in [3.05, 3.63) is 65.0 Å². The third-order valence-electron chi connectivity index (χ3n) is 4.14. The lowest BCUT2D eigenvalue weighted by atomic mass is 10.1. The molecule has 1 N–H and O–H groups in total. The third-order valence-corrected chi connectivity index (χ3v) is 5.67. The fraction of sp³-hybridized carbons (Fsp3) is 0.278. The predicted molar refractivity (Wildman–Crippen MR) is 91.9 cm³/mol. The summed E-state index contributed by atoms with van der Waals surface area (Å²) in [4.78, 5) is 13.1. The molecular formula is C18H17F3N2O3S. The van der Waals surface area contributed by atoms with Crippen LogP contribution in [-0.4, -0.2) is 32.3 Å². The first-order chi connectivity index (χ1) is 12.7. The third kappa shape index (κ3) is 4.48. The Balaban J connectivity index is 1.82. The van der Waals surface area contributed by atoms with E-state index in [9.17, 15) is 26.4 Å². The summed E-state index contributed by atoms with van der Waals surface area (Å²) in [5.74, 6) is -3.12. The maximum atomic E-state index is 14.0. The Kier molecular flexibility index (Phi) is 5.25. The molecule has 0 aliphatic heterocycles. The summed E-state index contributed by atoms with van der Waals surface area (Å²) in [6.07, 6.45) is 1.37. The molecule has 1 amide bonds. The van der Waals surface area contributed by atoms with Gasteiger partial charge in [-0.15, -0.1) is 0 Å². The summed E-state index contributed by atoms with van der Waals surface area (Å²) in [7, 11) is -2.70. The van der Waals surface area contributed by atoms with Crippen LogP contribution >= 0.6 is 0 Å². The molecule has 0 aromatic heterocycles. The fourth-order valence-electron chi connectivity index (χ4n) is 2.52. The van der Waals surface area contributed by atoms with E-state index in [1.807, 2.05) is 0 Å². The number of carbonyl (C=O) groups excluding carboxylic acids is 1. The van der Waals surface area contributed by atoms with Crippen LogP contribution in [0.4, 0.5) is 13.2 Å². The molecule has 0 radical (unpaired) electrons. The Hall–Kier alpha value is -2.39. The number of nitrogens with zero attached hydrogens (tertiary/aromatic N) is 1. The fourth-order valence-corrected chi connectivity index (χ4v) is 3.93. The maximum absolute atomic E-state index is 14.0. The molecule has 0 bridgehead atoms. The van der Waals surface area contributed by atoms with Gasteiger partial charge in [-0.3, -0.25) is 4.79 Å². The Morgan fingerprint density at radius 1 is 1.11 bits per heavy atom. The number of hydrogen-bond acceptors (Lipinski definition) is 3. The molecule has 1 aliphatic carbocycles. The van der Waals surface area contributed by atoms with Gasteiger partial charge in [-0.2, -0.15) is 0 Å². The van der Waals surface area contributed by atoms with Gasteiger partial charge in [-0.05, 0) is 37.1 Å². The van der Waals surface area contributed by atoms with Gasteiger partial charge in [0.1, 0.15) is 22.3 Å². The zero-order chi connectivity index (χ0) is 19.8.